The van der Waals surface area contributed by atoms with Crippen LogP contribution in [0.1, 0.15) is 93.6 Å². The molecule has 2 amide bonds. The van der Waals surface area contributed by atoms with Crippen molar-refractivity contribution in [3.8, 4) is 23.0 Å². The number of carbonyl (C=O) groups is 3. The van der Waals surface area contributed by atoms with Crippen molar-refractivity contribution >= 4 is 61.0 Å². The first kappa shape index (κ1) is 42.2. The van der Waals surface area contributed by atoms with E-state index in [2.05, 4.69) is 10.8 Å². The molecule has 2 aliphatic carbocycles. The number of Topliss-reactive ketones (excluding diaryl/α,β-unsaturated/α-hetero) is 1. The number of aryl methyl sites for hydroxylation is 2. The van der Waals surface area contributed by atoms with Gasteiger partial charge in [0.1, 0.15) is 23.0 Å². The fourth-order valence-electron chi connectivity index (χ4n) is 9.05. The van der Waals surface area contributed by atoms with Gasteiger partial charge in [0, 0.05) is 41.0 Å². The molecule has 62 heavy (non-hydrogen) atoms. The molecule has 3 fully saturated rings. The van der Waals surface area contributed by atoms with Crippen LogP contribution in [0.5, 0.6) is 11.6 Å². The molecule has 15 heteroatoms. The number of sulfonamides is 1. The molecule has 5 heterocycles. The standard InChI is InChI=1S/C47H53N5O8S2/c1-27(2)58-33-18-16-30(17-19-33)43-49-41-36-14-10-11-15-39(36)60-42(41)44(50-43)59-34-23-37-38(53)25-47(46(55)51-62(56,57)35-20-21-35)24-32(47)13-9-7-5-6-8-12-31(45(54)52(37)26-34)22-40-48-28(3)29(4)61-40/h9-11,13-19,27,31-32,34-35,37H,5-8,12,20-26H2,1-4H3,(H,51,55)/b13-9-/t31-,32-,34-,37+,47-/m1/s1. The van der Waals surface area contributed by atoms with Crippen molar-refractivity contribution in [1.82, 2.24) is 24.6 Å². The average Bonchev–Trinajstić information content (AvgIpc) is 4.10. The summed E-state index contributed by atoms with van der Waals surface area (Å²) in [5.74, 6) is -0.502. The monoisotopic (exact) mass is 879 g/mol. The summed E-state index contributed by atoms with van der Waals surface area (Å²) in [6.45, 7) is 8.03. The number of allylic oxidation sites excluding steroid dienone is 2. The van der Waals surface area contributed by atoms with E-state index in [0.29, 0.717) is 54.6 Å². The van der Waals surface area contributed by atoms with Crippen LogP contribution in [0.2, 0.25) is 0 Å². The Labute approximate surface area is 365 Å². The number of para-hydroxylation sites is 1. The predicted octanol–water partition coefficient (Wildman–Crippen LogP) is 8.20. The lowest BCUT2D eigenvalue weighted by molar-refractivity contribution is -0.142. The van der Waals surface area contributed by atoms with Crippen LogP contribution in [0.15, 0.2) is 65.1 Å². The van der Waals surface area contributed by atoms with Gasteiger partial charge in [0.2, 0.25) is 27.4 Å². The van der Waals surface area contributed by atoms with Gasteiger partial charge >= 0.3 is 0 Å². The van der Waals surface area contributed by atoms with Gasteiger partial charge in [-0.15, -0.1) is 11.3 Å². The Kier molecular flexibility index (Phi) is 11.5. The molecule has 13 nitrogen and oxygen atoms in total. The molecule has 4 aliphatic rings. The van der Waals surface area contributed by atoms with Crippen LogP contribution in [0.4, 0.5) is 0 Å². The summed E-state index contributed by atoms with van der Waals surface area (Å²) in [4.78, 5) is 61.2. The molecule has 0 spiro atoms. The van der Waals surface area contributed by atoms with Crippen LogP contribution in [-0.4, -0.2) is 75.9 Å². The number of rotatable bonds is 10. The summed E-state index contributed by atoms with van der Waals surface area (Å²) in [5.41, 5.74) is 1.98. The molecule has 0 radical (unpaired) electrons. The fourth-order valence-corrected chi connectivity index (χ4v) is 11.4. The van der Waals surface area contributed by atoms with Crippen LogP contribution in [-0.2, 0) is 30.8 Å². The second-order valence-electron chi connectivity index (χ2n) is 17.8. The minimum Gasteiger partial charge on any atom is -0.491 e. The third-order valence-corrected chi connectivity index (χ3v) is 15.7. The zero-order valence-electron chi connectivity index (χ0n) is 35.6. The Balaban J connectivity index is 1.07. The number of thiazole rings is 1. The van der Waals surface area contributed by atoms with Crippen LogP contribution >= 0.6 is 11.3 Å². The normalized spacial score (nSPS) is 25.3. The largest absolute Gasteiger partial charge is 0.491 e. The van der Waals surface area contributed by atoms with E-state index in [-0.39, 0.29) is 49.0 Å². The van der Waals surface area contributed by atoms with E-state index in [0.717, 1.165) is 58.0 Å². The van der Waals surface area contributed by atoms with E-state index in [1.165, 1.54) is 0 Å². The molecule has 2 saturated carbocycles. The third-order valence-electron chi connectivity index (χ3n) is 12.8. The highest BCUT2D eigenvalue weighted by Crippen LogP contribution is 2.57. The molecule has 3 aromatic heterocycles. The lowest BCUT2D eigenvalue weighted by Gasteiger charge is -2.29. The van der Waals surface area contributed by atoms with Gasteiger partial charge in [-0.2, -0.15) is 4.98 Å². The van der Waals surface area contributed by atoms with Crippen molar-refractivity contribution in [2.75, 3.05) is 6.54 Å². The highest BCUT2D eigenvalue weighted by molar-refractivity contribution is 7.90. The Morgan fingerprint density at radius 2 is 1.81 bits per heavy atom. The summed E-state index contributed by atoms with van der Waals surface area (Å²) in [6.07, 6.45) is 9.19. The Morgan fingerprint density at radius 3 is 2.55 bits per heavy atom. The molecular weight excluding hydrogens is 827 g/mol. The van der Waals surface area contributed by atoms with Gasteiger partial charge in [0.15, 0.2) is 11.6 Å². The number of furan rings is 1. The Bertz CT molecular complexity index is 2650. The molecule has 2 aromatic carbocycles. The smallest absolute Gasteiger partial charge is 0.262 e. The summed E-state index contributed by atoms with van der Waals surface area (Å²) in [6, 6.07) is 14.2. The lowest BCUT2D eigenvalue weighted by atomic mass is 9.90. The minimum absolute atomic E-state index is 0.00915. The first-order valence-corrected chi connectivity index (χ1v) is 24.3. The topological polar surface area (TPSA) is 171 Å². The molecule has 0 bridgehead atoms. The average molecular weight is 880 g/mol. The molecule has 9 rings (SSSR count). The van der Waals surface area contributed by atoms with Crippen molar-refractivity contribution in [3.05, 3.63) is 76.3 Å². The summed E-state index contributed by atoms with van der Waals surface area (Å²) in [7, 11) is -3.85. The van der Waals surface area contributed by atoms with Gasteiger partial charge < -0.3 is 18.8 Å². The third kappa shape index (κ3) is 8.62. The Morgan fingerprint density at radius 1 is 1.02 bits per heavy atom. The number of ether oxygens (including phenoxy) is 2. The molecule has 1 saturated heterocycles. The van der Waals surface area contributed by atoms with Gasteiger partial charge in [0.25, 0.3) is 5.88 Å². The van der Waals surface area contributed by atoms with Crippen molar-refractivity contribution < 1.29 is 36.7 Å². The van der Waals surface area contributed by atoms with E-state index in [9.17, 15) is 18.0 Å². The maximum absolute atomic E-state index is 15.0. The Hall–Kier alpha value is -5.15. The van der Waals surface area contributed by atoms with E-state index in [4.69, 9.17) is 28.8 Å². The van der Waals surface area contributed by atoms with Gasteiger partial charge in [0.05, 0.1) is 40.1 Å². The van der Waals surface area contributed by atoms with Crippen LogP contribution < -0.4 is 14.2 Å². The molecule has 2 aliphatic heterocycles. The number of ketones is 1. The van der Waals surface area contributed by atoms with Gasteiger partial charge in [-0.05, 0) is 109 Å². The number of aromatic nitrogens is 3. The number of fused-ring (bicyclic) bond motifs is 5. The summed E-state index contributed by atoms with van der Waals surface area (Å²) >= 11 is 1.59. The minimum atomic E-state index is -3.85. The van der Waals surface area contributed by atoms with Crippen LogP contribution in [0.25, 0.3) is 33.5 Å². The predicted molar refractivity (Wildman–Crippen MR) is 236 cm³/mol. The highest BCUT2D eigenvalue weighted by Gasteiger charge is 2.61. The summed E-state index contributed by atoms with van der Waals surface area (Å²) in [5, 5.41) is 1.08. The quantitative estimate of drug-likeness (QED) is 0.134. The number of hydrogen-bond donors (Lipinski definition) is 1. The second-order valence-corrected chi connectivity index (χ2v) is 21.1. The number of benzene rings is 2. The highest BCUT2D eigenvalue weighted by atomic mass is 32.2. The molecule has 5 aromatic rings. The molecule has 5 atom stereocenters. The summed E-state index contributed by atoms with van der Waals surface area (Å²) < 4.78 is 47.4. The zero-order valence-corrected chi connectivity index (χ0v) is 37.2. The van der Waals surface area contributed by atoms with Crippen molar-refractivity contribution in [1.29, 1.82) is 0 Å². The lowest BCUT2D eigenvalue weighted by Crippen LogP contribution is -2.46. The van der Waals surface area contributed by atoms with E-state index < -0.39 is 44.7 Å². The molecular formula is C47H53N5O8S2. The number of nitrogens with zero attached hydrogens (tertiary/aromatic N) is 4. The van der Waals surface area contributed by atoms with Crippen LogP contribution in [0.3, 0.4) is 0 Å². The maximum atomic E-state index is 15.0. The zero-order chi connectivity index (χ0) is 43.3. The number of hydrogen-bond acceptors (Lipinski definition) is 12. The fraction of sp³-hybridized carbons (Fsp3) is 0.489. The van der Waals surface area contributed by atoms with E-state index in [1.54, 1.807) is 16.2 Å². The first-order valence-electron chi connectivity index (χ1n) is 21.9. The van der Waals surface area contributed by atoms with Crippen molar-refractivity contribution in [2.24, 2.45) is 17.3 Å². The van der Waals surface area contributed by atoms with Gasteiger partial charge in [-0.3, -0.25) is 19.1 Å². The number of nitrogens with one attached hydrogen (secondary N) is 1. The molecule has 0 unspecified atom stereocenters. The van der Waals surface area contributed by atoms with Gasteiger partial charge in [-0.1, -0.05) is 37.1 Å². The van der Waals surface area contributed by atoms with Crippen molar-refractivity contribution in [3.63, 3.8) is 0 Å². The SMILES string of the molecule is Cc1nc(C[C@H]2CCCCC/C=C\[C@@H]3C[C@@]3(C(=O)NS(=O)(=O)C3CC3)CC(=O)[C@@H]3C[C@@H](Oc4nc(-c5ccc(OC(C)C)cc5)nc5c4oc4ccccc45)CN3C2=O)sc1C. The van der Waals surface area contributed by atoms with E-state index in [1.807, 2.05) is 82.3 Å². The number of carbonyl (C=O) groups excluding carboxylic acids is 3. The first-order chi connectivity index (χ1) is 29.8. The second kappa shape index (κ2) is 16.9. The molecule has 326 valence electrons. The number of amides is 2. The van der Waals surface area contributed by atoms with Crippen LogP contribution in [0, 0.1) is 31.1 Å². The molecule has 1 N–H and O–H groups in total. The van der Waals surface area contributed by atoms with Crippen molar-refractivity contribution in [2.45, 2.75) is 122 Å². The van der Waals surface area contributed by atoms with Gasteiger partial charge in [-0.25, -0.2) is 18.4 Å². The van der Waals surface area contributed by atoms with E-state index >= 15 is 4.79 Å². The maximum Gasteiger partial charge on any atom is 0.262 e.